The van der Waals surface area contributed by atoms with Gasteiger partial charge in [-0.2, -0.15) is 5.26 Å². The molecule has 12 heteroatoms. The van der Waals surface area contributed by atoms with Gasteiger partial charge in [0.25, 0.3) is 5.56 Å². The molecule has 0 saturated carbocycles. The molecule has 1 spiro atoms. The summed E-state index contributed by atoms with van der Waals surface area (Å²) < 4.78 is 46.8. The zero-order chi connectivity index (χ0) is 27.0. The smallest absolute Gasteiger partial charge is 0.261 e. The average Bonchev–Trinajstić information content (AvgIpc) is 3.55. The lowest BCUT2D eigenvalue weighted by molar-refractivity contribution is -0.0196. The summed E-state index contributed by atoms with van der Waals surface area (Å²) in [5.41, 5.74) is 0.371. The van der Waals surface area contributed by atoms with E-state index in [-0.39, 0.29) is 40.8 Å². The van der Waals surface area contributed by atoms with Gasteiger partial charge in [-0.05, 0) is 69.1 Å². The molecule has 6 rings (SSSR count). The quantitative estimate of drug-likeness (QED) is 0.432. The number of hydrogen-bond donors (Lipinski definition) is 2. The topological polar surface area (TPSA) is 104 Å². The molecule has 204 valence electrons. The molecule has 3 aromatic rings. The number of hydrogen-bond acceptors (Lipinski definition) is 9. The number of rotatable bonds is 6. The molecule has 3 aliphatic rings. The summed E-state index contributed by atoms with van der Waals surface area (Å²) in [5, 5.41) is 13.5. The van der Waals surface area contributed by atoms with Crippen LogP contribution in [0.2, 0.25) is 0 Å². The van der Waals surface area contributed by atoms with Crippen LogP contribution in [0.1, 0.15) is 37.3 Å². The Labute approximate surface area is 228 Å². The molecule has 3 fully saturated rings. The zero-order valence-electron chi connectivity index (χ0n) is 21.2. The number of nitrogens with one attached hydrogen (secondary N) is 2. The Morgan fingerprint density at radius 2 is 2.13 bits per heavy atom. The Morgan fingerprint density at radius 1 is 1.28 bits per heavy atom. The number of piperidine rings is 1. The van der Waals surface area contributed by atoms with E-state index < -0.39 is 12.0 Å². The van der Waals surface area contributed by atoms with E-state index in [1.807, 2.05) is 6.07 Å². The first kappa shape index (κ1) is 26.0. The predicted octanol–water partition coefficient (Wildman–Crippen LogP) is 4.30. The van der Waals surface area contributed by atoms with Crippen LogP contribution in [0.3, 0.4) is 0 Å². The lowest BCUT2D eigenvalue weighted by Crippen LogP contribution is -2.41. The zero-order valence-corrected chi connectivity index (χ0v) is 22.0. The van der Waals surface area contributed by atoms with Crippen molar-refractivity contribution in [2.24, 2.45) is 0 Å². The molecule has 0 bridgehead atoms. The average molecular weight is 555 g/mol. The van der Waals surface area contributed by atoms with Gasteiger partial charge >= 0.3 is 0 Å². The van der Waals surface area contributed by atoms with E-state index in [0.717, 1.165) is 44.5 Å². The fourth-order valence-corrected chi connectivity index (χ4v) is 6.35. The van der Waals surface area contributed by atoms with Crippen molar-refractivity contribution in [3.05, 3.63) is 58.4 Å². The van der Waals surface area contributed by atoms with Gasteiger partial charge < -0.3 is 19.5 Å². The van der Waals surface area contributed by atoms with Crippen LogP contribution in [-0.2, 0) is 4.74 Å². The van der Waals surface area contributed by atoms with E-state index >= 15 is 0 Å². The van der Waals surface area contributed by atoms with E-state index in [9.17, 15) is 18.8 Å². The van der Waals surface area contributed by atoms with Crippen LogP contribution in [0.25, 0.3) is 10.9 Å². The number of alkyl halides is 1. The van der Waals surface area contributed by atoms with Crippen molar-refractivity contribution in [1.82, 2.24) is 19.2 Å². The molecule has 2 N–H and O–H groups in total. The third-order valence-corrected chi connectivity index (χ3v) is 8.57. The summed E-state index contributed by atoms with van der Waals surface area (Å²) in [6.45, 7) is 3.08. The molecule has 0 aliphatic carbocycles. The molecule has 39 heavy (non-hydrogen) atoms. The summed E-state index contributed by atoms with van der Waals surface area (Å²) in [6.07, 6.45) is 3.68. The highest BCUT2D eigenvalue weighted by Crippen LogP contribution is 2.39. The first-order chi connectivity index (χ1) is 18.9. The molecular formula is C27H28F2N6O3S. The molecule has 0 amide bonds. The van der Waals surface area contributed by atoms with E-state index in [1.165, 1.54) is 18.2 Å². The lowest BCUT2D eigenvalue weighted by Gasteiger charge is -2.32. The normalized spacial score (nSPS) is 22.8. The van der Waals surface area contributed by atoms with Crippen LogP contribution in [0.15, 0.2) is 41.5 Å². The second-order valence-electron chi connectivity index (χ2n) is 10.2. The molecule has 2 aromatic carbocycles. The molecule has 3 aliphatic heterocycles. The second kappa shape index (κ2) is 10.7. The Balaban J connectivity index is 1.26. The lowest BCUT2D eigenvalue weighted by atomic mass is 9.88. The van der Waals surface area contributed by atoms with Gasteiger partial charge in [-0.25, -0.2) is 18.1 Å². The molecular weight excluding hydrogens is 526 g/mol. The van der Waals surface area contributed by atoms with Crippen molar-refractivity contribution in [3.63, 3.8) is 0 Å². The summed E-state index contributed by atoms with van der Waals surface area (Å²) in [5.74, 6) is -0.767. The van der Waals surface area contributed by atoms with Crippen LogP contribution < -0.4 is 20.3 Å². The van der Waals surface area contributed by atoms with Gasteiger partial charge in [0, 0.05) is 25.2 Å². The SMILES string of the molecule is N#Cc1c(NSN2CCC(F)C2)ccc(F)c1Oc1ccc2ncn(C3COC4(CCNCC4)C3)c(=O)c2c1. The molecule has 2 atom stereocenters. The van der Waals surface area contributed by atoms with Gasteiger partial charge in [0.2, 0.25) is 0 Å². The van der Waals surface area contributed by atoms with Crippen LogP contribution >= 0.6 is 12.1 Å². The molecule has 9 nitrogen and oxygen atoms in total. The Morgan fingerprint density at radius 3 is 2.90 bits per heavy atom. The minimum absolute atomic E-state index is 0.0300. The van der Waals surface area contributed by atoms with Crippen molar-refractivity contribution in [1.29, 1.82) is 5.26 Å². The van der Waals surface area contributed by atoms with E-state index in [0.29, 0.717) is 36.2 Å². The summed E-state index contributed by atoms with van der Waals surface area (Å²) in [6, 6.07) is 9.27. The summed E-state index contributed by atoms with van der Waals surface area (Å²) >= 11 is 1.16. The number of anilines is 1. The van der Waals surface area contributed by atoms with Gasteiger partial charge in [-0.1, -0.05) is 0 Å². The molecule has 1 aromatic heterocycles. The fourth-order valence-electron chi connectivity index (χ4n) is 5.52. The van der Waals surface area contributed by atoms with E-state index in [4.69, 9.17) is 9.47 Å². The number of ether oxygens (including phenoxy) is 2. The second-order valence-corrected chi connectivity index (χ2v) is 11.1. The van der Waals surface area contributed by atoms with Crippen LogP contribution in [0, 0.1) is 17.1 Å². The van der Waals surface area contributed by atoms with Crippen molar-refractivity contribution in [2.45, 2.75) is 43.5 Å². The van der Waals surface area contributed by atoms with E-state index in [1.54, 1.807) is 27.3 Å². The van der Waals surface area contributed by atoms with E-state index in [2.05, 4.69) is 15.0 Å². The van der Waals surface area contributed by atoms with Crippen molar-refractivity contribution in [3.8, 4) is 17.6 Å². The van der Waals surface area contributed by atoms with Crippen molar-refractivity contribution < 1.29 is 18.3 Å². The molecule has 3 saturated heterocycles. The predicted molar refractivity (Wildman–Crippen MR) is 144 cm³/mol. The highest BCUT2D eigenvalue weighted by molar-refractivity contribution is 7.98. The number of nitriles is 1. The molecule has 4 heterocycles. The third-order valence-electron chi connectivity index (χ3n) is 7.67. The largest absolute Gasteiger partial charge is 0.453 e. The summed E-state index contributed by atoms with van der Waals surface area (Å²) in [4.78, 5) is 18.0. The number of benzene rings is 2. The number of aromatic nitrogens is 2. The van der Waals surface area contributed by atoms with Gasteiger partial charge in [0.05, 0.1) is 41.2 Å². The Kier molecular flexibility index (Phi) is 7.16. The minimum Gasteiger partial charge on any atom is -0.453 e. The van der Waals surface area contributed by atoms with Crippen LogP contribution in [-0.4, -0.2) is 58.4 Å². The van der Waals surface area contributed by atoms with Gasteiger partial charge in [-0.15, -0.1) is 0 Å². The van der Waals surface area contributed by atoms with Gasteiger partial charge in [0.1, 0.15) is 23.6 Å². The van der Waals surface area contributed by atoms with Crippen LogP contribution in [0.5, 0.6) is 11.5 Å². The summed E-state index contributed by atoms with van der Waals surface area (Å²) in [7, 11) is 0. The monoisotopic (exact) mass is 554 g/mol. The van der Waals surface area contributed by atoms with Gasteiger partial charge in [-0.3, -0.25) is 9.36 Å². The van der Waals surface area contributed by atoms with Crippen LogP contribution in [0.4, 0.5) is 14.5 Å². The Bertz CT molecular complexity index is 1490. The standard InChI is InChI=1S/C27H28F2N6O3S/c28-17-5-10-34(14-17)39-33-24-4-2-22(29)25(21(24)13-30)38-19-1-3-23-20(11-19)26(36)35(16-32-23)18-12-27(37-15-18)6-8-31-9-7-27/h1-4,11,16-18,31,33H,5-10,12,14-15H2. The highest BCUT2D eigenvalue weighted by Gasteiger charge is 2.42. The third kappa shape index (κ3) is 5.19. The highest BCUT2D eigenvalue weighted by atomic mass is 32.2. The fraction of sp³-hybridized carbons (Fsp3) is 0.444. The number of halogens is 2. The first-order valence-corrected chi connectivity index (χ1v) is 13.8. The maximum Gasteiger partial charge on any atom is 0.261 e. The molecule has 2 unspecified atom stereocenters. The first-order valence-electron chi connectivity index (χ1n) is 13.0. The number of fused-ring (bicyclic) bond motifs is 1. The molecule has 0 radical (unpaired) electrons. The van der Waals surface area contributed by atoms with Crippen molar-refractivity contribution in [2.75, 3.05) is 37.5 Å². The maximum atomic E-state index is 14.9. The number of nitrogens with zero attached hydrogens (tertiary/aromatic N) is 4. The van der Waals surface area contributed by atoms with Crippen molar-refractivity contribution >= 4 is 28.7 Å². The minimum atomic E-state index is -0.888. The maximum absolute atomic E-state index is 14.9. The Hall–Kier alpha value is -3.24. The van der Waals surface area contributed by atoms with Gasteiger partial charge in [0.15, 0.2) is 11.6 Å².